The smallest absolute Gasteiger partial charge is 0.232 e. The molecule has 0 atom stereocenters. The largest absolute Gasteiger partial charge is 0.383 e. The van der Waals surface area contributed by atoms with Gasteiger partial charge < -0.3 is 19.9 Å². The number of nitrogens with zero attached hydrogens (tertiary/aromatic N) is 5. The molecule has 0 unspecified atom stereocenters. The molecule has 1 saturated heterocycles. The Balaban J connectivity index is 2.23. The molecule has 2 rings (SSSR count). The predicted molar refractivity (Wildman–Crippen MR) is 80.6 cm³/mol. The van der Waals surface area contributed by atoms with E-state index < -0.39 is 0 Å². The highest BCUT2D eigenvalue weighted by atomic mass is 16.5. The number of methoxy groups -OCH3 is 1. The van der Waals surface area contributed by atoms with Gasteiger partial charge in [-0.15, -0.1) is 0 Å². The van der Waals surface area contributed by atoms with Gasteiger partial charge in [0.15, 0.2) is 0 Å². The summed E-state index contributed by atoms with van der Waals surface area (Å²) in [5, 5.41) is 3.02. The lowest BCUT2D eigenvalue weighted by atomic mass is 10.4. The van der Waals surface area contributed by atoms with Gasteiger partial charge in [0, 0.05) is 40.3 Å². The van der Waals surface area contributed by atoms with Gasteiger partial charge in [-0.1, -0.05) is 0 Å². The van der Waals surface area contributed by atoms with Crippen LogP contribution in [0.5, 0.6) is 0 Å². The maximum absolute atomic E-state index is 5.14. The Kier molecular flexibility index (Phi) is 5.34. The third-order valence-electron chi connectivity index (χ3n) is 3.45. The average molecular weight is 280 g/mol. The molecule has 1 aromatic heterocycles. The molecule has 2 heterocycles. The fraction of sp³-hybridized carbons (Fsp3) is 0.769. The summed E-state index contributed by atoms with van der Waals surface area (Å²) < 4.78 is 5.14. The van der Waals surface area contributed by atoms with E-state index in [-0.39, 0.29) is 0 Å². The molecular weight excluding hydrogens is 256 g/mol. The molecule has 1 aliphatic heterocycles. The molecule has 0 bridgehead atoms. The molecule has 0 saturated carbocycles. The molecular formula is C13H24N6O. The summed E-state index contributed by atoms with van der Waals surface area (Å²) in [6, 6.07) is 0. The lowest BCUT2D eigenvalue weighted by molar-refractivity contribution is 0.205. The minimum Gasteiger partial charge on any atom is -0.383 e. The standard InChI is InChI=1S/C13H24N6O/c1-4-18(9-10-20-3)12-15-11(14-2)16-13(17-12)19-7-5-6-8-19/h4-10H2,1-3H3,(H,14,15,16,17). The van der Waals surface area contributed by atoms with E-state index in [2.05, 4.69) is 37.0 Å². The Hall–Kier alpha value is -1.63. The third kappa shape index (κ3) is 3.47. The molecule has 0 aromatic carbocycles. The monoisotopic (exact) mass is 280 g/mol. The molecule has 0 spiro atoms. The lowest BCUT2D eigenvalue weighted by Gasteiger charge is -2.23. The van der Waals surface area contributed by atoms with Crippen molar-refractivity contribution in [2.45, 2.75) is 19.8 Å². The Morgan fingerprint density at radius 1 is 1.25 bits per heavy atom. The number of rotatable bonds is 7. The van der Waals surface area contributed by atoms with Crippen LogP contribution in [0.2, 0.25) is 0 Å². The zero-order valence-corrected chi connectivity index (χ0v) is 12.6. The summed E-state index contributed by atoms with van der Waals surface area (Å²) in [4.78, 5) is 17.9. The first kappa shape index (κ1) is 14.8. The van der Waals surface area contributed by atoms with Gasteiger partial charge in [0.25, 0.3) is 0 Å². The molecule has 0 aliphatic carbocycles. The minimum atomic E-state index is 0.618. The summed E-state index contributed by atoms with van der Waals surface area (Å²) in [7, 11) is 3.54. The van der Waals surface area contributed by atoms with Crippen LogP contribution in [0.3, 0.4) is 0 Å². The van der Waals surface area contributed by atoms with Crippen molar-refractivity contribution in [3.63, 3.8) is 0 Å². The van der Waals surface area contributed by atoms with Gasteiger partial charge >= 0.3 is 0 Å². The first-order valence-corrected chi connectivity index (χ1v) is 7.21. The Morgan fingerprint density at radius 2 is 2.00 bits per heavy atom. The van der Waals surface area contributed by atoms with Crippen LogP contribution in [0.25, 0.3) is 0 Å². The fourth-order valence-electron chi connectivity index (χ4n) is 2.27. The van der Waals surface area contributed by atoms with Crippen LogP contribution in [0.4, 0.5) is 17.8 Å². The average Bonchev–Trinajstić information content (AvgIpc) is 3.02. The molecule has 20 heavy (non-hydrogen) atoms. The van der Waals surface area contributed by atoms with Gasteiger partial charge in [-0.05, 0) is 19.8 Å². The summed E-state index contributed by atoms with van der Waals surface area (Å²) in [5.41, 5.74) is 0. The maximum atomic E-state index is 5.14. The summed E-state index contributed by atoms with van der Waals surface area (Å²) >= 11 is 0. The minimum absolute atomic E-state index is 0.618. The van der Waals surface area contributed by atoms with Gasteiger partial charge in [-0.3, -0.25) is 0 Å². The number of nitrogens with one attached hydrogen (secondary N) is 1. The zero-order chi connectivity index (χ0) is 14.4. The van der Waals surface area contributed by atoms with Crippen molar-refractivity contribution in [3.05, 3.63) is 0 Å². The molecule has 1 N–H and O–H groups in total. The summed E-state index contributed by atoms with van der Waals surface area (Å²) in [6.07, 6.45) is 2.41. The Morgan fingerprint density at radius 3 is 2.60 bits per heavy atom. The normalized spacial score (nSPS) is 14.7. The van der Waals surface area contributed by atoms with Crippen molar-refractivity contribution in [1.29, 1.82) is 0 Å². The number of aromatic nitrogens is 3. The van der Waals surface area contributed by atoms with Crippen molar-refractivity contribution in [1.82, 2.24) is 15.0 Å². The van der Waals surface area contributed by atoms with Gasteiger partial charge in [0.2, 0.25) is 17.8 Å². The molecule has 7 nitrogen and oxygen atoms in total. The Bertz CT molecular complexity index is 421. The zero-order valence-electron chi connectivity index (χ0n) is 12.6. The maximum Gasteiger partial charge on any atom is 0.232 e. The van der Waals surface area contributed by atoms with E-state index in [1.807, 2.05) is 7.05 Å². The van der Waals surface area contributed by atoms with Crippen molar-refractivity contribution < 1.29 is 4.74 Å². The number of anilines is 3. The predicted octanol–water partition coefficient (Wildman–Crippen LogP) is 0.986. The van der Waals surface area contributed by atoms with Crippen LogP contribution >= 0.6 is 0 Å². The highest BCUT2D eigenvalue weighted by Crippen LogP contribution is 2.20. The van der Waals surface area contributed by atoms with Gasteiger partial charge in [-0.25, -0.2) is 0 Å². The molecule has 0 amide bonds. The van der Waals surface area contributed by atoms with Crippen LogP contribution in [-0.2, 0) is 4.74 Å². The lowest BCUT2D eigenvalue weighted by Crippen LogP contribution is -2.30. The number of hydrogen-bond acceptors (Lipinski definition) is 7. The molecule has 0 radical (unpaired) electrons. The summed E-state index contributed by atoms with van der Waals surface area (Å²) in [5.74, 6) is 2.10. The van der Waals surface area contributed by atoms with Crippen molar-refractivity contribution in [3.8, 4) is 0 Å². The molecule has 112 valence electrons. The van der Waals surface area contributed by atoms with Crippen LogP contribution < -0.4 is 15.1 Å². The third-order valence-corrected chi connectivity index (χ3v) is 3.45. The van der Waals surface area contributed by atoms with Crippen molar-refractivity contribution in [2.24, 2.45) is 0 Å². The van der Waals surface area contributed by atoms with Crippen molar-refractivity contribution >= 4 is 17.8 Å². The quantitative estimate of drug-likeness (QED) is 0.798. The van der Waals surface area contributed by atoms with Crippen LogP contribution in [0.1, 0.15) is 19.8 Å². The second-order valence-electron chi connectivity index (χ2n) is 4.78. The number of ether oxygens (including phenoxy) is 1. The first-order valence-electron chi connectivity index (χ1n) is 7.21. The highest BCUT2D eigenvalue weighted by molar-refractivity contribution is 5.45. The topological polar surface area (TPSA) is 66.4 Å². The van der Waals surface area contributed by atoms with E-state index in [1.165, 1.54) is 12.8 Å². The van der Waals surface area contributed by atoms with E-state index in [4.69, 9.17) is 4.74 Å². The highest BCUT2D eigenvalue weighted by Gasteiger charge is 2.18. The van der Waals surface area contributed by atoms with E-state index in [1.54, 1.807) is 7.11 Å². The first-order chi connectivity index (χ1) is 9.78. The second kappa shape index (κ2) is 7.23. The van der Waals surface area contributed by atoms with E-state index >= 15 is 0 Å². The number of likely N-dealkylation sites (N-methyl/N-ethyl adjacent to an activating group) is 1. The Labute approximate surface area is 120 Å². The molecule has 1 aromatic rings. The SMILES string of the molecule is CCN(CCOC)c1nc(NC)nc(N2CCCC2)n1. The van der Waals surface area contributed by atoms with E-state index in [0.717, 1.165) is 32.1 Å². The number of hydrogen-bond donors (Lipinski definition) is 1. The van der Waals surface area contributed by atoms with Crippen molar-refractivity contribution in [2.75, 3.05) is 62.1 Å². The molecule has 1 fully saturated rings. The molecule has 7 heteroatoms. The van der Waals surface area contributed by atoms with E-state index in [0.29, 0.717) is 18.5 Å². The summed E-state index contributed by atoms with van der Waals surface area (Å²) in [6.45, 7) is 6.42. The van der Waals surface area contributed by atoms with E-state index in [9.17, 15) is 0 Å². The van der Waals surface area contributed by atoms with Crippen LogP contribution in [-0.4, -0.2) is 61.9 Å². The van der Waals surface area contributed by atoms with Gasteiger partial charge in [0.1, 0.15) is 0 Å². The second-order valence-corrected chi connectivity index (χ2v) is 4.78. The molecule has 1 aliphatic rings. The van der Waals surface area contributed by atoms with Gasteiger partial charge in [-0.2, -0.15) is 15.0 Å². The van der Waals surface area contributed by atoms with Crippen LogP contribution in [0, 0.1) is 0 Å². The van der Waals surface area contributed by atoms with Gasteiger partial charge in [0.05, 0.1) is 6.61 Å². The van der Waals surface area contributed by atoms with Crippen LogP contribution in [0.15, 0.2) is 0 Å². The fourth-order valence-corrected chi connectivity index (χ4v) is 2.27.